The summed E-state index contributed by atoms with van der Waals surface area (Å²) < 4.78 is 1.33. The van der Waals surface area contributed by atoms with Crippen LogP contribution in [0.5, 0.6) is 0 Å². The first-order chi connectivity index (χ1) is 10.5. The van der Waals surface area contributed by atoms with Crippen LogP contribution in [-0.2, 0) is 0 Å². The number of hydrogen-bond donors (Lipinski definition) is 2. The molecule has 2 rings (SSSR count). The van der Waals surface area contributed by atoms with Gasteiger partial charge in [-0.25, -0.2) is 4.68 Å². The van der Waals surface area contributed by atoms with E-state index in [4.69, 9.17) is 5.11 Å². The number of carbonyl (C=O) groups is 1. The third-order valence-corrected chi connectivity index (χ3v) is 3.47. The second-order valence-electron chi connectivity index (χ2n) is 5.62. The van der Waals surface area contributed by atoms with Gasteiger partial charge in [0.15, 0.2) is 5.69 Å². The summed E-state index contributed by atoms with van der Waals surface area (Å²) in [5.74, 6) is -0.341. The molecule has 0 bridgehead atoms. The number of carbonyl (C=O) groups excluding carboxylic acids is 1. The van der Waals surface area contributed by atoms with E-state index >= 15 is 0 Å². The second kappa shape index (κ2) is 6.70. The lowest BCUT2D eigenvalue weighted by Crippen LogP contribution is -2.36. The van der Waals surface area contributed by atoms with Crippen LogP contribution in [0.3, 0.4) is 0 Å². The zero-order valence-electron chi connectivity index (χ0n) is 13.0. The third-order valence-electron chi connectivity index (χ3n) is 3.47. The molecule has 0 aliphatic carbocycles. The molecular formula is C16H21N3O3. The summed E-state index contributed by atoms with van der Waals surface area (Å²) in [6, 6.07) is 6.66. The van der Waals surface area contributed by atoms with Crippen molar-refractivity contribution in [3.63, 3.8) is 0 Å². The van der Waals surface area contributed by atoms with Crippen molar-refractivity contribution in [2.24, 2.45) is 0 Å². The van der Waals surface area contributed by atoms with Gasteiger partial charge in [-0.1, -0.05) is 18.2 Å². The van der Waals surface area contributed by atoms with Crippen LogP contribution < -0.4 is 10.9 Å². The molecule has 1 unspecified atom stereocenters. The molecule has 2 aromatic rings. The van der Waals surface area contributed by atoms with Crippen LogP contribution in [0, 0.1) is 0 Å². The number of nitrogens with one attached hydrogen (secondary N) is 1. The minimum Gasteiger partial charge on any atom is -0.396 e. The predicted molar refractivity (Wildman–Crippen MR) is 85.0 cm³/mol. The molecule has 1 aromatic heterocycles. The Morgan fingerprint density at radius 3 is 2.50 bits per heavy atom. The number of amides is 1. The van der Waals surface area contributed by atoms with Gasteiger partial charge in [-0.15, -0.1) is 0 Å². The Bertz CT molecular complexity index is 737. The first-order valence-electron chi connectivity index (χ1n) is 7.39. The fourth-order valence-electron chi connectivity index (χ4n) is 2.28. The number of fused-ring (bicyclic) bond motifs is 1. The van der Waals surface area contributed by atoms with Gasteiger partial charge in [-0.05, 0) is 33.3 Å². The second-order valence-corrected chi connectivity index (χ2v) is 5.62. The van der Waals surface area contributed by atoms with Gasteiger partial charge in [-0.3, -0.25) is 9.59 Å². The van der Waals surface area contributed by atoms with Crippen molar-refractivity contribution in [3.05, 3.63) is 40.3 Å². The standard InChI is InChI=1S/C16H21N3O3/c1-10(2)19-16(22)13-7-5-4-6-12(13)14(18-19)15(21)17-11(3)8-9-20/h4-7,10-11,20H,8-9H2,1-3H3,(H,17,21). The van der Waals surface area contributed by atoms with Gasteiger partial charge >= 0.3 is 0 Å². The fourth-order valence-corrected chi connectivity index (χ4v) is 2.28. The number of hydrogen-bond acceptors (Lipinski definition) is 4. The molecule has 6 heteroatoms. The Kier molecular flexibility index (Phi) is 4.92. The van der Waals surface area contributed by atoms with E-state index in [0.717, 1.165) is 0 Å². The van der Waals surface area contributed by atoms with Crippen molar-refractivity contribution in [2.45, 2.75) is 39.3 Å². The highest BCUT2D eigenvalue weighted by atomic mass is 16.3. The van der Waals surface area contributed by atoms with Gasteiger partial charge in [0, 0.05) is 18.0 Å². The van der Waals surface area contributed by atoms with Crippen LogP contribution in [-0.4, -0.2) is 33.4 Å². The average Bonchev–Trinajstić information content (AvgIpc) is 2.47. The maximum absolute atomic E-state index is 12.5. The van der Waals surface area contributed by atoms with E-state index in [9.17, 15) is 9.59 Å². The van der Waals surface area contributed by atoms with Crippen LogP contribution in [0.15, 0.2) is 29.1 Å². The summed E-state index contributed by atoms with van der Waals surface area (Å²) in [4.78, 5) is 24.9. The van der Waals surface area contributed by atoms with E-state index in [1.54, 1.807) is 24.3 Å². The summed E-state index contributed by atoms with van der Waals surface area (Å²) >= 11 is 0. The Morgan fingerprint density at radius 2 is 1.91 bits per heavy atom. The Balaban J connectivity index is 2.55. The lowest BCUT2D eigenvalue weighted by molar-refractivity contribution is 0.0928. The molecule has 0 spiro atoms. The Labute approximate surface area is 128 Å². The molecule has 0 aliphatic rings. The summed E-state index contributed by atoms with van der Waals surface area (Å²) in [7, 11) is 0. The molecule has 1 atom stereocenters. The Morgan fingerprint density at radius 1 is 1.27 bits per heavy atom. The van der Waals surface area contributed by atoms with Crippen LogP contribution in [0.4, 0.5) is 0 Å². The minimum absolute atomic E-state index is 0.00111. The van der Waals surface area contributed by atoms with E-state index in [0.29, 0.717) is 17.2 Å². The van der Waals surface area contributed by atoms with E-state index in [2.05, 4.69) is 10.4 Å². The van der Waals surface area contributed by atoms with Gasteiger partial charge in [-0.2, -0.15) is 5.10 Å². The molecule has 0 fully saturated rings. The molecule has 1 aromatic carbocycles. The van der Waals surface area contributed by atoms with Gasteiger partial charge in [0.25, 0.3) is 11.5 Å². The van der Waals surface area contributed by atoms with Crippen molar-refractivity contribution in [1.82, 2.24) is 15.1 Å². The molecule has 118 valence electrons. The van der Waals surface area contributed by atoms with Crippen LogP contribution >= 0.6 is 0 Å². The van der Waals surface area contributed by atoms with Crippen molar-refractivity contribution >= 4 is 16.7 Å². The van der Waals surface area contributed by atoms with Gasteiger partial charge in [0.1, 0.15) is 0 Å². The molecule has 22 heavy (non-hydrogen) atoms. The number of aliphatic hydroxyl groups is 1. The average molecular weight is 303 g/mol. The van der Waals surface area contributed by atoms with Crippen molar-refractivity contribution in [3.8, 4) is 0 Å². The first-order valence-corrected chi connectivity index (χ1v) is 7.39. The molecular weight excluding hydrogens is 282 g/mol. The highest BCUT2D eigenvalue weighted by Crippen LogP contribution is 2.15. The first kappa shape index (κ1) is 16.2. The van der Waals surface area contributed by atoms with Gasteiger partial charge < -0.3 is 10.4 Å². The summed E-state index contributed by atoms with van der Waals surface area (Å²) in [5.41, 5.74) is 0.0271. The molecule has 1 amide bonds. The van der Waals surface area contributed by atoms with Gasteiger partial charge in [0.05, 0.1) is 11.4 Å². The molecule has 0 saturated heterocycles. The smallest absolute Gasteiger partial charge is 0.274 e. The number of benzene rings is 1. The SMILES string of the molecule is CC(CCO)NC(=O)c1nn(C(C)C)c(=O)c2ccccc12. The Hall–Kier alpha value is -2.21. The highest BCUT2D eigenvalue weighted by Gasteiger charge is 2.18. The zero-order valence-corrected chi connectivity index (χ0v) is 13.0. The van der Waals surface area contributed by atoms with E-state index in [1.165, 1.54) is 4.68 Å². The van der Waals surface area contributed by atoms with Crippen molar-refractivity contribution < 1.29 is 9.90 Å². The van der Waals surface area contributed by atoms with E-state index < -0.39 is 0 Å². The fraction of sp³-hybridized carbons (Fsp3) is 0.438. The zero-order chi connectivity index (χ0) is 16.3. The number of nitrogens with zero attached hydrogens (tertiary/aromatic N) is 2. The third kappa shape index (κ3) is 3.17. The molecule has 1 heterocycles. The number of aromatic nitrogens is 2. The van der Waals surface area contributed by atoms with Crippen LogP contribution in [0.2, 0.25) is 0 Å². The monoisotopic (exact) mass is 303 g/mol. The molecule has 2 N–H and O–H groups in total. The number of aliphatic hydroxyl groups excluding tert-OH is 1. The molecule has 0 aliphatic heterocycles. The summed E-state index contributed by atoms with van der Waals surface area (Å²) in [6.07, 6.45) is 0.466. The predicted octanol–water partition coefficient (Wildman–Crippen LogP) is 1.48. The molecule has 6 nitrogen and oxygen atoms in total. The van der Waals surface area contributed by atoms with E-state index in [-0.39, 0.29) is 35.9 Å². The highest BCUT2D eigenvalue weighted by molar-refractivity contribution is 6.04. The lowest BCUT2D eigenvalue weighted by atomic mass is 10.1. The van der Waals surface area contributed by atoms with E-state index in [1.807, 2.05) is 20.8 Å². The minimum atomic E-state index is -0.341. The quantitative estimate of drug-likeness (QED) is 0.876. The largest absolute Gasteiger partial charge is 0.396 e. The van der Waals surface area contributed by atoms with Crippen molar-refractivity contribution in [2.75, 3.05) is 6.61 Å². The van der Waals surface area contributed by atoms with Gasteiger partial charge in [0.2, 0.25) is 0 Å². The molecule has 0 radical (unpaired) electrons. The molecule has 0 saturated carbocycles. The van der Waals surface area contributed by atoms with Crippen molar-refractivity contribution in [1.29, 1.82) is 0 Å². The van der Waals surface area contributed by atoms with Crippen LogP contribution in [0.25, 0.3) is 10.8 Å². The number of rotatable bonds is 5. The maximum atomic E-state index is 12.5. The van der Waals surface area contributed by atoms with Crippen LogP contribution in [0.1, 0.15) is 43.7 Å². The topological polar surface area (TPSA) is 84.2 Å². The summed E-state index contributed by atoms with van der Waals surface area (Å²) in [6.45, 7) is 5.51. The summed E-state index contributed by atoms with van der Waals surface area (Å²) in [5, 5.41) is 17.0. The normalized spacial score (nSPS) is 12.6. The maximum Gasteiger partial charge on any atom is 0.274 e. The lowest BCUT2D eigenvalue weighted by Gasteiger charge is -2.16.